The van der Waals surface area contributed by atoms with Gasteiger partial charge in [0, 0.05) is 0 Å². The van der Waals surface area contributed by atoms with Crippen molar-refractivity contribution < 1.29 is 0 Å². The summed E-state index contributed by atoms with van der Waals surface area (Å²) in [6.45, 7) is 0. The van der Waals surface area contributed by atoms with Crippen LogP contribution in [0.3, 0.4) is 0 Å². The Hall–Kier alpha value is -7.28. The number of hydrogen-bond donors (Lipinski definition) is 0. The van der Waals surface area contributed by atoms with E-state index in [2.05, 4.69) is 231 Å². The minimum Gasteiger partial charge on any atom is -0.0808 e. The van der Waals surface area contributed by atoms with Crippen LogP contribution in [0, 0.1) is 0 Å². The monoisotopic (exact) mass is 744 g/mol. The van der Waals surface area contributed by atoms with Crippen molar-refractivity contribution in [3.63, 3.8) is 0 Å². The molecular weight excluding hydrogens is 697 g/mol. The topological polar surface area (TPSA) is 0 Å². The van der Waals surface area contributed by atoms with E-state index >= 15 is 0 Å². The van der Waals surface area contributed by atoms with Crippen LogP contribution in [0.25, 0.3) is 59.9 Å². The van der Waals surface area contributed by atoms with Gasteiger partial charge in [-0.15, -0.1) is 0 Å². The molecule has 0 radical (unpaired) electrons. The standard InChI is InChI=1S/2C14H10.C10H8.C9H8.C6H6.C5H6/c1-3-7-13-11(5-1)9-10-12-6-2-4-8-14(12)13;1-2-6-12-10-14-8-4-3-7-13(14)9-11(12)5-1;1-2-6-10-8-4-3-7-9(10)5-1;1-2-5-9-7-3-6-8(9)4-1;1-2-4-6-5-3-1;1-2-4-5-3-1/h2*1-10H;1-8H;1-6H,7H2;1-6H;1-4H,5H2. The Morgan fingerprint density at radius 3 is 0.983 bits per heavy atom. The Morgan fingerprint density at radius 1 is 0.259 bits per heavy atom. The second kappa shape index (κ2) is 21.1. The van der Waals surface area contributed by atoms with Gasteiger partial charge in [-0.3, -0.25) is 0 Å². The van der Waals surface area contributed by atoms with Gasteiger partial charge in [0.15, 0.2) is 0 Å². The van der Waals surface area contributed by atoms with Crippen LogP contribution in [0.5, 0.6) is 0 Å². The molecular formula is C58H48. The fourth-order valence-electron chi connectivity index (χ4n) is 6.94. The zero-order chi connectivity index (χ0) is 39.5. The largest absolute Gasteiger partial charge is 0.0808 e. The number of fused-ring (bicyclic) bond motifs is 7. The third-order valence-corrected chi connectivity index (χ3v) is 9.94. The number of rotatable bonds is 0. The SMILES string of the molecule is C1=CCC=C1.C1=Cc2ccccc2C1.c1ccc2c(c1)ccc1ccccc12.c1ccc2cc3ccccc3cc2c1.c1ccc2ccccc2c1.c1ccccc1. The summed E-state index contributed by atoms with van der Waals surface area (Å²) >= 11 is 0. The summed E-state index contributed by atoms with van der Waals surface area (Å²) < 4.78 is 0. The average molecular weight is 745 g/mol. The zero-order valence-corrected chi connectivity index (χ0v) is 32.8. The highest BCUT2D eigenvalue weighted by Gasteiger charge is 2.00. The van der Waals surface area contributed by atoms with Crippen LogP contribution >= 0.6 is 0 Å². The van der Waals surface area contributed by atoms with Crippen molar-refractivity contribution in [2.45, 2.75) is 12.8 Å². The lowest BCUT2D eigenvalue weighted by molar-refractivity contribution is 1.31. The lowest BCUT2D eigenvalue weighted by atomic mass is 10.0. The van der Waals surface area contributed by atoms with Gasteiger partial charge in [-0.25, -0.2) is 0 Å². The maximum atomic E-state index is 2.24. The summed E-state index contributed by atoms with van der Waals surface area (Å²) in [4.78, 5) is 0. The van der Waals surface area contributed by atoms with Crippen molar-refractivity contribution in [3.8, 4) is 0 Å². The first-order valence-electron chi connectivity index (χ1n) is 20.1. The van der Waals surface area contributed by atoms with E-state index in [1.807, 2.05) is 36.4 Å². The molecule has 0 aromatic heterocycles. The van der Waals surface area contributed by atoms with Crippen molar-refractivity contribution >= 4 is 59.9 Å². The van der Waals surface area contributed by atoms with Crippen molar-refractivity contribution in [1.82, 2.24) is 0 Å². The molecule has 0 spiro atoms. The zero-order valence-electron chi connectivity index (χ0n) is 32.8. The molecule has 10 aromatic carbocycles. The first kappa shape index (κ1) is 39.0. The van der Waals surface area contributed by atoms with Crippen LogP contribution in [-0.4, -0.2) is 0 Å². The quantitative estimate of drug-likeness (QED) is 0.107. The van der Waals surface area contributed by atoms with Gasteiger partial charge < -0.3 is 0 Å². The Labute approximate surface area is 343 Å². The minimum atomic E-state index is 1.12. The van der Waals surface area contributed by atoms with Crippen LogP contribution in [0.4, 0.5) is 0 Å². The van der Waals surface area contributed by atoms with Crippen LogP contribution in [0.1, 0.15) is 17.5 Å². The third kappa shape index (κ3) is 11.2. The summed E-state index contributed by atoms with van der Waals surface area (Å²) in [6, 6.07) is 80.0. The Balaban J connectivity index is 0.000000110. The predicted octanol–water partition coefficient (Wildman–Crippen LogP) is 16.3. The Kier molecular flexibility index (Phi) is 14.2. The van der Waals surface area contributed by atoms with E-state index in [1.165, 1.54) is 65.0 Å². The van der Waals surface area contributed by atoms with Crippen molar-refractivity contribution in [2.75, 3.05) is 0 Å². The van der Waals surface area contributed by atoms with Gasteiger partial charge in [-0.2, -0.15) is 0 Å². The highest BCUT2D eigenvalue weighted by molar-refractivity contribution is 6.07. The fraction of sp³-hybridized carbons (Fsp3) is 0.0345. The van der Waals surface area contributed by atoms with Crippen LogP contribution in [0.15, 0.2) is 261 Å². The number of hydrogen-bond acceptors (Lipinski definition) is 0. The maximum absolute atomic E-state index is 2.24. The molecule has 0 N–H and O–H groups in total. The van der Waals surface area contributed by atoms with E-state index in [1.54, 1.807) is 0 Å². The van der Waals surface area contributed by atoms with Crippen molar-refractivity contribution in [1.29, 1.82) is 0 Å². The van der Waals surface area contributed by atoms with E-state index < -0.39 is 0 Å². The van der Waals surface area contributed by atoms with Gasteiger partial charge in [0.2, 0.25) is 0 Å². The molecule has 0 amide bonds. The summed E-state index contributed by atoms with van der Waals surface area (Å²) in [5, 5.41) is 13.2. The lowest BCUT2D eigenvalue weighted by Gasteiger charge is -2.02. The van der Waals surface area contributed by atoms with Gasteiger partial charge in [0.1, 0.15) is 0 Å². The second-order valence-corrected chi connectivity index (χ2v) is 14.0. The molecule has 2 aliphatic carbocycles. The first-order chi connectivity index (χ1) is 28.8. The van der Waals surface area contributed by atoms with Crippen molar-refractivity contribution in [2.24, 2.45) is 0 Å². The molecule has 0 aliphatic heterocycles. The summed E-state index contributed by atoms with van der Waals surface area (Å²) in [7, 11) is 0. The number of benzene rings is 10. The van der Waals surface area contributed by atoms with E-state index in [4.69, 9.17) is 0 Å². The molecule has 10 aromatic rings. The molecule has 0 heteroatoms. The normalized spacial score (nSPS) is 11.4. The van der Waals surface area contributed by atoms with Crippen molar-refractivity contribution in [3.05, 3.63) is 272 Å². The van der Waals surface area contributed by atoms with Gasteiger partial charge in [-0.05, 0) is 90.0 Å². The Morgan fingerprint density at radius 2 is 0.603 bits per heavy atom. The van der Waals surface area contributed by atoms with Crippen LogP contribution in [0.2, 0.25) is 0 Å². The van der Waals surface area contributed by atoms with Gasteiger partial charge in [-0.1, -0.05) is 255 Å². The van der Waals surface area contributed by atoms with E-state index in [0.29, 0.717) is 0 Å². The van der Waals surface area contributed by atoms with E-state index in [0.717, 1.165) is 12.8 Å². The predicted molar refractivity (Wildman–Crippen MR) is 255 cm³/mol. The molecule has 12 rings (SSSR count). The molecule has 0 heterocycles. The third-order valence-electron chi connectivity index (χ3n) is 9.94. The molecule has 58 heavy (non-hydrogen) atoms. The van der Waals surface area contributed by atoms with Gasteiger partial charge >= 0.3 is 0 Å². The summed E-state index contributed by atoms with van der Waals surface area (Å²) in [5.41, 5.74) is 2.84. The highest BCUT2D eigenvalue weighted by Crippen LogP contribution is 2.25. The lowest BCUT2D eigenvalue weighted by Crippen LogP contribution is -1.76. The second-order valence-electron chi connectivity index (χ2n) is 14.0. The van der Waals surface area contributed by atoms with Gasteiger partial charge in [0.05, 0.1) is 0 Å². The van der Waals surface area contributed by atoms with Crippen LogP contribution < -0.4 is 0 Å². The summed E-state index contributed by atoms with van der Waals surface area (Å²) in [6.07, 6.45) is 15.0. The molecule has 2 aliphatic rings. The molecule has 0 nitrogen and oxygen atoms in total. The molecule has 0 unspecified atom stereocenters. The minimum absolute atomic E-state index is 1.12. The van der Waals surface area contributed by atoms with Gasteiger partial charge in [0.25, 0.3) is 0 Å². The van der Waals surface area contributed by atoms with E-state index in [9.17, 15) is 0 Å². The first-order valence-corrected chi connectivity index (χ1v) is 20.1. The molecule has 0 fully saturated rings. The molecule has 0 saturated heterocycles. The molecule has 0 bridgehead atoms. The average Bonchev–Trinajstić information content (AvgIpc) is 4.07. The molecule has 280 valence electrons. The van der Waals surface area contributed by atoms with E-state index in [-0.39, 0.29) is 0 Å². The molecule has 0 saturated carbocycles. The Bertz CT molecular complexity index is 2620. The maximum Gasteiger partial charge on any atom is -0.00882 e. The highest BCUT2D eigenvalue weighted by atomic mass is 14.1. The number of allylic oxidation sites excluding steroid dienone is 5. The molecule has 0 atom stereocenters. The fourth-order valence-corrected chi connectivity index (χ4v) is 6.94. The smallest absolute Gasteiger partial charge is 0.00882 e. The van der Waals surface area contributed by atoms with Crippen LogP contribution in [-0.2, 0) is 6.42 Å². The summed E-state index contributed by atoms with van der Waals surface area (Å²) in [5.74, 6) is 0.